The molecule has 3 N–H and O–H groups in total. The zero-order valence-electron chi connectivity index (χ0n) is 12.0. The van der Waals surface area contributed by atoms with Crippen molar-refractivity contribution in [1.82, 2.24) is 4.90 Å². The lowest BCUT2D eigenvalue weighted by atomic mass is 9.52. The van der Waals surface area contributed by atoms with Crippen LogP contribution in [0.25, 0.3) is 0 Å². The average Bonchev–Trinajstić information content (AvgIpc) is 2.38. The second kappa shape index (κ2) is 4.19. The molecule has 4 aliphatic carbocycles. The van der Waals surface area contributed by atoms with Crippen molar-refractivity contribution in [3.05, 3.63) is 0 Å². The van der Waals surface area contributed by atoms with E-state index in [1.165, 1.54) is 38.5 Å². The number of piperidine rings is 1. The van der Waals surface area contributed by atoms with Crippen LogP contribution < -0.4 is 5.73 Å². The molecule has 5 aliphatic rings. The molecule has 108 valence electrons. The Morgan fingerprint density at radius 1 is 0.947 bits per heavy atom. The topological polar surface area (TPSA) is 49.5 Å². The first-order valence-corrected chi connectivity index (χ1v) is 8.28. The molecule has 1 saturated heterocycles. The normalized spacial score (nSPS) is 48.6. The number of nitrogens with two attached hydrogens (primary N) is 1. The predicted octanol–water partition coefficient (Wildman–Crippen LogP) is 1.74. The monoisotopic (exact) mass is 264 g/mol. The summed E-state index contributed by atoms with van der Waals surface area (Å²) in [5.41, 5.74) is 5.67. The van der Waals surface area contributed by atoms with E-state index < -0.39 is 5.60 Å². The average molecular weight is 264 g/mol. The fourth-order valence-corrected chi connectivity index (χ4v) is 6.05. The van der Waals surface area contributed by atoms with Crippen molar-refractivity contribution in [3.8, 4) is 0 Å². The van der Waals surface area contributed by atoms with Crippen molar-refractivity contribution in [1.29, 1.82) is 0 Å². The summed E-state index contributed by atoms with van der Waals surface area (Å²) in [5, 5.41) is 10.3. The Hall–Kier alpha value is -0.120. The first-order chi connectivity index (χ1) is 9.11. The lowest BCUT2D eigenvalue weighted by Gasteiger charge is -2.62. The number of likely N-dealkylation sites (tertiary alicyclic amines) is 1. The maximum Gasteiger partial charge on any atom is 0.0793 e. The fourth-order valence-electron chi connectivity index (χ4n) is 6.05. The summed E-state index contributed by atoms with van der Waals surface area (Å²) in [6.07, 6.45) is 10.6. The molecular formula is C16H28N2O. The Labute approximate surface area is 116 Å². The second-order valence-corrected chi connectivity index (χ2v) is 8.06. The summed E-state index contributed by atoms with van der Waals surface area (Å²) in [5.74, 6) is 3.05. The smallest absolute Gasteiger partial charge is 0.0793 e. The fraction of sp³-hybridized carbons (Fsp3) is 1.00. The third-order valence-corrected chi connectivity index (χ3v) is 6.75. The SMILES string of the molecule is NCC1(O)CCN(C23CC4CC(CC(C4)C2)C3)CC1. The number of hydrogen-bond donors (Lipinski definition) is 2. The zero-order chi connectivity index (χ0) is 13.1. The maximum absolute atomic E-state index is 10.3. The predicted molar refractivity (Wildman–Crippen MR) is 75.7 cm³/mol. The minimum Gasteiger partial charge on any atom is -0.388 e. The molecule has 4 bridgehead atoms. The van der Waals surface area contributed by atoms with Crippen LogP contribution >= 0.6 is 0 Å². The van der Waals surface area contributed by atoms with Gasteiger partial charge in [0.15, 0.2) is 0 Å². The number of rotatable bonds is 2. The Bertz CT molecular complexity index is 324. The standard InChI is InChI=1S/C16H28N2O/c17-11-16(19)1-3-18(4-2-16)15-8-12-5-13(9-15)7-14(6-12)10-15/h12-14,19H,1-11,17H2. The summed E-state index contributed by atoms with van der Waals surface area (Å²) >= 11 is 0. The van der Waals surface area contributed by atoms with Crippen LogP contribution in [-0.2, 0) is 0 Å². The van der Waals surface area contributed by atoms with Crippen molar-refractivity contribution in [2.75, 3.05) is 19.6 Å². The Morgan fingerprint density at radius 3 is 1.84 bits per heavy atom. The largest absolute Gasteiger partial charge is 0.388 e. The Kier molecular flexibility index (Phi) is 2.78. The molecule has 1 heterocycles. The van der Waals surface area contributed by atoms with E-state index in [0.29, 0.717) is 12.1 Å². The lowest BCUT2D eigenvalue weighted by Crippen LogP contribution is -2.63. The van der Waals surface area contributed by atoms with Crippen molar-refractivity contribution in [3.63, 3.8) is 0 Å². The molecule has 5 rings (SSSR count). The molecule has 1 aliphatic heterocycles. The minimum atomic E-state index is -0.571. The van der Waals surface area contributed by atoms with E-state index in [4.69, 9.17) is 5.73 Å². The molecule has 3 nitrogen and oxygen atoms in total. The van der Waals surface area contributed by atoms with E-state index in [2.05, 4.69) is 4.90 Å². The molecule has 0 spiro atoms. The highest BCUT2D eigenvalue weighted by Gasteiger charge is 2.54. The Morgan fingerprint density at radius 2 is 1.42 bits per heavy atom. The molecule has 19 heavy (non-hydrogen) atoms. The summed E-state index contributed by atoms with van der Waals surface area (Å²) in [4.78, 5) is 2.75. The van der Waals surface area contributed by atoms with Crippen LogP contribution in [0.3, 0.4) is 0 Å². The molecular weight excluding hydrogens is 236 g/mol. The van der Waals surface area contributed by atoms with Gasteiger partial charge in [-0.25, -0.2) is 0 Å². The van der Waals surface area contributed by atoms with Crippen LogP contribution in [0, 0.1) is 17.8 Å². The van der Waals surface area contributed by atoms with Crippen molar-refractivity contribution >= 4 is 0 Å². The third kappa shape index (κ3) is 1.97. The molecule has 0 atom stereocenters. The molecule has 0 amide bonds. The molecule has 0 aromatic heterocycles. The van der Waals surface area contributed by atoms with Crippen LogP contribution in [0.1, 0.15) is 51.4 Å². The van der Waals surface area contributed by atoms with Crippen LogP contribution in [0.4, 0.5) is 0 Å². The van der Waals surface area contributed by atoms with Crippen LogP contribution in [-0.4, -0.2) is 40.8 Å². The molecule has 4 saturated carbocycles. The first kappa shape index (κ1) is 12.6. The first-order valence-electron chi connectivity index (χ1n) is 8.28. The van der Waals surface area contributed by atoms with Crippen LogP contribution in [0.5, 0.6) is 0 Å². The van der Waals surface area contributed by atoms with Crippen LogP contribution in [0.15, 0.2) is 0 Å². The van der Waals surface area contributed by atoms with Gasteiger partial charge in [0, 0.05) is 25.2 Å². The quantitative estimate of drug-likeness (QED) is 0.799. The Balaban J connectivity index is 1.51. The highest BCUT2D eigenvalue weighted by Crippen LogP contribution is 2.58. The molecule has 0 aromatic carbocycles. The van der Waals surface area contributed by atoms with Gasteiger partial charge in [-0.3, -0.25) is 4.90 Å². The van der Waals surface area contributed by atoms with Crippen molar-refractivity contribution in [2.45, 2.75) is 62.5 Å². The van der Waals surface area contributed by atoms with Gasteiger partial charge in [-0.2, -0.15) is 0 Å². The third-order valence-electron chi connectivity index (χ3n) is 6.75. The molecule has 5 fully saturated rings. The lowest BCUT2D eigenvalue weighted by molar-refractivity contribution is -0.118. The van der Waals surface area contributed by atoms with Gasteiger partial charge >= 0.3 is 0 Å². The number of nitrogens with zero attached hydrogens (tertiary/aromatic N) is 1. The van der Waals surface area contributed by atoms with Gasteiger partial charge in [0.05, 0.1) is 5.60 Å². The minimum absolute atomic E-state index is 0.432. The van der Waals surface area contributed by atoms with Crippen molar-refractivity contribution in [2.24, 2.45) is 23.5 Å². The highest BCUT2D eigenvalue weighted by atomic mass is 16.3. The van der Waals surface area contributed by atoms with Gasteiger partial charge in [-0.05, 0) is 69.1 Å². The van der Waals surface area contributed by atoms with Gasteiger partial charge in [0.1, 0.15) is 0 Å². The molecule has 0 aromatic rings. The van der Waals surface area contributed by atoms with E-state index in [1.54, 1.807) is 0 Å². The van der Waals surface area contributed by atoms with E-state index in [-0.39, 0.29) is 0 Å². The van der Waals surface area contributed by atoms with Gasteiger partial charge in [-0.15, -0.1) is 0 Å². The van der Waals surface area contributed by atoms with Gasteiger partial charge in [0.2, 0.25) is 0 Å². The zero-order valence-corrected chi connectivity index (χ0v) is 12.0. The second-order valence-electron chi connectivity index (χ2n) is 8.06. The number of aliphatic hydroxyl groups is 1. The highest BCUT2D eigenvalue weighted by molar-refractivity contribution is 5.08. The van der Waals surface area contributed by atoms with E-state index in [9.17, 15) is 5.11 Å². The molecule has 3 heteroatoms. The number of hydrogen-bond acceptors (Lipinski definition) is 3. The van der Waals surface area contributed by atoms with Crippen LogP contribution in [0.2, 0.25) is 0 Å². The summed E-state index contributed by atoms with van der Waals surface area (Å²) in [7, 11) is 0. The van der Waals surface area contributed by atoms with E-state index in [0.717, 1.165) is 43.7 Å². The van der Waals surface area contributed by atoms with Gasteiger partial charge in [0.25, 0.3) is 0 Å². The van der Waals surface area contributed by atoms with E-state index >= 15 is 0 Å². The summed E-state index contributed by atoms with van der Waals surface area (Å²) < 4.78 is 0. The van der Waals surface area contributed by atoms with E-state index in [1.807, 2.05) is 0 Å². The summed E-state index contributed by atoms with van der Waals surface area (Å²) in [6, 6.07) is 0. The molecule has 0 radical (unpaired) electrons. The van der Waals surface area contributed by atoms with Crippen molar-refractivity contribution < 1.29 is 5.11 Å². The molecule has 0 unspecified atom stereocenters. The van der Waals surface area contributed by atoms with Gasteiger partial charge < -0.3 is 10.8 Å². The summed E-state index contributed by atoms with van der Waals surface area (Å²) in [6.45, 7) is 2.57. The van der Waals surface area contributed by atoms with Gasteiger partial charge in [-0.1, -0.05) is 0 Å². The maximum atomic E-state index is 10.3.